The van der Waals surface area contributed by atoms with E-state index in [2.05, 4.69) is 26.6 Å². The van der Waals surface area contributed by atoms with Gasteiger partial charge >= 0.3 is 0 Å². The Morgan fingerprint density at radius 1 is 1.17 bits per heavy atom. The van der Waals surface area contributed by atoms with Crippen LogP contribution < -0.4 is 15.4 Å². The minimum atomic E-state index is -0.424. The van der Waals surface area contributed by atoms with Crippen molar-refractivity contribution in [2.24, 2.45) is 0 Å². The van der Waals surface area contributed by atoms with Crippen molar-refractivity contribution < 1.29 is 19.1 Å². The summed E-state index contributed by atoms with van der Waals surface area (Å²) < 4.78 is 11.6. The van der Waals surface area contributed by atoms with Crippen molar-refractivity contribution in [1.82, 2.24) is 10.2 Å². The van der Waals surface area contributed by atoms with E-state index in [0.29, 0.717) is 48.3 Å². The Bertz CT molecular complexity index is 936. The van der Waals surface area contributed by atoms with Crippen LogP contribution in [0.3, 0.4) is 0 Å². The second-order valence-electron chi connectivity index (χ2n) is 6.34. The summed E-state index contributed by atoms with van der Waals surface area (Å²) in [5.74, 6) is 0.0209. The zero-order chi connectivity index (χ0) is 21.5. The number of amides is 2. The largest absolute Gasteiger partial charge is 0.484 e. The first-order valence-corrected chi connectivity index (χ1v) is 10.7. The fourth-order valence-corrected chi connectivity index (χ4v) is 3.35. The molecule has 3 rings (SSSR count). The summed E-state index contributed by atoms with van der Waals surface area (Å²) in [4.78, 5) is 26.4. The highest BCUT2D eigenvalue weighted by Crippen LogP contribution is 2.24. The molecule has 2 amide bonds. The van der Waals surface area contributed by atoms with Crippen molar-refractivity contribution in [3.05, 3.63) is 57.5 Å². The lowest BCUT2D eigenvalue weighted by Crippen LogP contribution is -2.40. The number of nitrogens with one attached hydrogen (secondary N) is 2. The van der Waals surface area contributed by atoms with Crippen LogP contribution in [0.5, 0.6) is 5.75 Å². The first-order valence-electron chi connectivity index (χ1n) is 9.08. The van der Waals surface area contributed by atoms with Crippen molar-refractivity contribution in [2.45, 2.75) is 0 Å². The number of hydrogen-bond donors (Lipinski definition) is 2. The minimum absolute atomic E-state index is 0.0530. The highest BCUT2D eigenvalue weighted by molar-refractivity contribution is 9.10. The molecule has 0 spiro atoms. The van der Waals surface area contributed by atoms with Gasteiger partial charge in [-0.2, -0.15) is 0 Å². The van der Waals surface area contributed by atoms with Gasteiger partial charge in [0.05, 0.1) is 23.9 Å². The fraction of sp³-hybridized carbons (Fsp3) is 0.250. The molecule has 0 unspecified atom stereocenters. The van der Waals surface area contributed by atoms with Gasteiger partial charge in [-0.1, -0.05) is 27.5 Å². The van der Waals surface area contributed by atoms with E-state index in [1.807, 2.05) is 12.1 Å². The predicted molar refractivity (Wildman–Crippen MR) is 122 cm³/mol. The second kappa shape index (κ2) is 10.7. The van der Waals surface area contributed by atoms with E-state index in [4.69, 9.17) is 33.3 Å². The molecule has 0 aromatic heterocycles. The van der Waals surface area contributed by atoms with E-state index in [0.717, 1.165) is 4.47 Å². The number of benzene rings is 2. The highest BCUT2D eigenvalue weighted by atomic mass is 79.9. The Morgan fingerprint density at radius 2 is 1.87 bits per heavy atom. The fourth-order valence-electron chi connectivity index (χ4n) is 2.70. The van der Waals surface area contributed by atoms with Crippen molar-refractivity contribution >= 4 is 62.4 Å². The number of nitrogens with zero attached hydrogens (tertiary/aromatic N) is 1. The summed E-state index contributed by atoms with van der Waals surface area (Å²) in [5, 5.41) is 5.81. The number of carbonyl (C=O) groups excluding carboxylic acids is 2. The van der Waals surface area contributed by atoms with Gasteiger partial charge in [-0.3, -0.25) is 14.9 Å². The number of ether oxygens (including phenoxy) is 2. The average Bonchev–Trinajstić information content (AvgIpc) is 2.75. The number of rotatable bonds is 5. The highest BCUT2D eigenvalue weighted by Gasteiger charge is 2.19. The molecule has 2 aromatic carbocycles. The molecule has 0 bridgehead atoms. The molecule has 1 saturated heterocycles. The summed E-state index contributed by atoms with van der Waals surface area (Å²) in [7, 11) is 0. The van der Waals surface area contributed by atoms with E-state index in [-0.39, 0.29) is 17.6 Å². The second-order valence-corrected chi connectivity index (χ2v) is 8.08. The maximum atomic E-state index is 12.6. The zero-order valence-electron chi connectivity index (χ0n) is 15.8. The molecule has 7 nitrogen and oxygen atoms in total. The van der Waals surface area contributed by atoms with Crippen LogP contribution in [0, 0.1) is 0 Å². The molecule has 30 heavy (non-hydrogen) atoms. The molecule has 158 valence electrons. The molecule has 1 fully saturated rings. The van der Waals surface area contributed by atoms with Crippen molar-refractivity contribution in [1.29, 1.82) is 0 Å². The molecular weight excluding hydrogens is 494 g/mol. The number of halogens is 2. The van der Waals surface area contributed by atoms with Crippen LogP contribution in [0.4, 0.5) is 5.69 Å². The van der Waals surface area contributed by atoms with Crippen molar-refractivity contribution in [2.75, 3.05) is 38.2 Å². The van der Waals surface area contributed by atoms with Crippen LogP contribution in [0.25, 0.3) is 0 Å². The smallest absolute Gasteiger partial charge is 0.264 e. The van der Waals surface area contributed by atoms with Crippen LogP contribution >= 0.6 is 39.7 Å². The molecule has 1 heterocycles. The van der Waals surface area contributed by atoms with Gasteiger partial charge in [-0.25, -0.2) is 0 Å². The van der Waals surface area contributed by atoms with E-state index < -0.39 is 5.91 Å². The molecule has 1 aliphatic rings. The number of morpholine rings is 1. The lowest BCUT2D eigenvalue weighted by Gasteiger charge is -2.27. The molecule has 10 heteroatoms. The predicted octanol–water partition coefficient (Wildman–Crippen LogP) is 3.47. The van der Waals surface area contributed by atoms with Gasteiger partial charge in [0.25, 0.3) is 11.8 Å². The summed E-state index contributed by atoms with van der Waals surface area (Å²) >= 11 is 14.7. The molecule has 1 aliphatic heterocycles. The monoisotopic (exact) mass is 511 g/mol. The Kier molecular flexibility index (Phi) is 8.03. The maximum absolute atomic E-state index is 12.6. The summed E-state index contributed by atoms with van der Waals surface area (Å²) in [6.45, 7) is 1.91. The molecule has 0 radical (unpaired) electrons. The molecule has 2 N–H and O–H groups in total. The van der Waals surface area contributed by atoms with Crippen molar-refractivity contribution in [3.63, 3.8) is 0 Å². The standard InChI is InChI=1S/C20H19BrClN3O4S/c21-14-2-4-15(5-3-14)29-12-18(26)24-20(30)23-17-11-13(1-6-16(17)22)19(27)25-7-9-28-10-8-25/h1-6,11H,7-10,12H2,(H2,23,24,26,30). The Hall–Kier alpha value is -2.20. The topological polar surface area (TPSA) is 79.9 Å². The van der Waals surface area contributed by atoms with E-state index >= 15 is 0 Å². The Labute approximate surface area is 192 Å². The minimum Gasteiger partial charge on any atom is -0.484 e. The van der Waals surface area contributed by atoms with Gasteiger partial charge in [0, 0.05) is 23.1 Å². The number of anilines is 1. The Balaban J connectivity index is 1.55. The third-order valence-electron chi connectivity index (χ3n) is 4.20. The summed E-state index contributed by atoms with van der Waals surface area (Å²) in [6, 6.07) is 12.0. The lowest BCUT2D eigenvalue weighted by molar-refractivity contribution is -0.121. The Morgan fingerprint density at radius 3 is 2.57 bits per heavy atom. The van der Waals surface area contributed by atoms with Crippen LogP contribution in [0.15, 0.2) is 46.9 Å². The zero-order valence-corrected chi connectivity index (χ0v) is 19.0. The van der Waals surface area contributed by atoms with Gasteiger partial charge in [-0.05, 0) is 54.7 Å². The van der Waals surface area contributed by atoms with Crippen LogP contribution in [0.2, 0.25) is 5.02 Å². The SMILES string of the molecule is O=C(COc1ccc(Br)cc1)NC(=S)Nc1cc(C(=O)N2CCOCC2)ccc1Cl. The molecular formula is C20H19BrClN3O4S. The average molecular weight is 513 g/mol. The molecule has 2 aromatic rings. The first kappa shape index (κ1) is 22.5. The van der Waals surface area contributed by atoms with Gasteiger partial charge in [-0.15, -0.1) is 0 Å². The van der Waals surface area contributed by atoms with E-state index in [1.165, 1.54) is 0 Å². The van der Waals surface area contributed by atoms with Gasteiger partial charge in [0.2, 0.25) is 0 Å². The first-order chi connectivity index (χ1) is 14.4. The van der Waals surface area contributed by atoms with Crippen LogP contribution in [-0.2, 0) is 9.53 Å². The maximum Gasteiger partial charge on any atom is 0.264 e. The molecule has 0 aliphatic carbocycles. The number of carbonyl (C=O) groups is 2. The summed E-state index contributed by atoms with van der Waals surface area (Å²) in [5.41, 5.74) is 0.895. The normalized spacial score (nSPS) is 13.5. The van der Waals surface area contributed by atoms with Gasteiger partial charge in [0.15, 0.2) is 11.7 Å². The van der Waals surface area contributed by atoms with Gasteiger partial charge in [0.1, 0.15) is 5.75 Å². The van der Waals surface area contributed by atoms with Gasteiger partial charge < -0.3 is 19.7 Å². The number of hydrogen-bond acceptors (Lipinski definition) is 5. The van der Waals surface area contributed by atoms with E-state index in [9.17, 15) is 9.59 Å². The van der Waals surface area contributed by atoms with Crippen LogP contribution in [0.1, 0.15) is 10.4 Å². The third-order valence-corrected chi connectivity index (χ3v) is 5.26. The third kappa shape index (κ3) is 6.40. The lowest BCUT2D eigenvalue weighted by atomic mass is 10.1. The molecule has 0 saturated carbocycles. The number of thiocarbonyl (C=S) groups is 1. The quantitative estimate of drug-likeness (QED) is 0.597. The summed E-state index contributed by atoms with van der Waals surface area (Å²) in [6.07, 6.45) is 0. The van der Waals surface area contributed by atoms with Crippen LogP contribution in [-0.4, -0.2) is 54.7 Å². The molecule has 0 atom stereocenters. The van der Waals surface area contributed by atoms with E-state index in [1.54, 1.807) is 35.2 Å². The van der Waals surface area contributed by atoms with Crippen molar-refractivity contribution in [3.8, 4) is 5.75 Å².